The molecular formula is C10H7Br2O. The van der Waals surface area contributed by atoms with Crippen LogP contribution in [0.1, 0.15) is 12.0 Å². The highest BCUT2D eigenvalue weighted by Gasteiger charge is 1.93. The molecule has 0 saturated carbocycles. The van der Waals surface area contributed by atoms with Gasteiger partial charge in [-0.05, 0) is 23.8 Å². The quantitative estimate of drug-likeness (QED) is 0.831. The van der Waals surface area contributed by atoms with Crippen LogP contribution >= 0.6 is 31.9 Å². The van der Waals surface area contributed by atoms with Crippen molar-refractivity contribution in [2.45, 2.75) is 6.42 Å². The second kappa shape index (κ2) is 5.35. The van der Waals surface area contributed by atoms with Crippen molar-refractivity contribution in [1.29, 1.82) is 0 Å². The summed E-state index contributed by atoms with van der Waals surface area (Å²) in [6.07, 6.45) is 5.81. The Hall–Kier alpha value is -0.410. The third kappa shape index (κ3) is 3.87. The number of halogens is 2. The van der Waals surface area contributed by atoms with E-state index in [0.29, 0.717) is 6.42 Å². The van der Waals surface area contributed by atoms with Gasteiger partial charge in [-0.25, -0.2) is 0 Å². The van der Waals surface area contributed by atoms with E-state index in [9.17, 15) is 4.79 Å². The Bertz CT molecular complexity index is 311. The van der Waals surface area contributed by atoms with Crippen LogP contribution in [0, 0.1) is 0 Å². The van der Waals surface area contributed by atoms with Crippen LogP contribution in [-0.4, -0.2) is 6.29 Å². The first-order valence-electron chi connectivity index (χ1n) is 3.70. The summed E-state index contributed by atoms with van der Waals surface area (Å²) in [5, 5.41) is 0. The first-order chi connectivity index (χ1) is 6.22. The van der Waals surface area contributed by atoms with Crippen LogP contribution in [0.3, 0.4) is 0 Å². The van der Waals surface area contributed by atoms with Gasteiger partial charge in [0.15, 0.2) is 0 Å². The number of carbonyl (C=O) groups excluding carboxylic acids is 1. The fraction of sp³-hybridized carbons (Fsp3) is 0.100. The number of hydrogen-bond acceptors (Lipinski definition) is 1. The standard InChI is InChI=1S/C10H7Br2O/c11-9-5-8(3-1-2-4-13)6-10(12)7-9/h1,3,5-7H,2H2. The Morgan fingerprint density at radius 2 is 1.85 bits per heavy atom. The minimum Gasteiger partial charge on any atom is -0.291 e. The Morgan fingerprint density at radius 1 is 1.23 bits per heavy atom. The molecule has 0 saturated heterocycles. The third-order valence-corrected chi connectivity index (χ3v) is 2.31. The van der Waals surface area contributed by atoms with Crippen LogP contribution in [0.5, 0.6) is 0 Å². The lowest BCUT2D eigenvalue weighted by atomic mass is 10.2. The highest BCUT2D eigenvalue weighted by Crippen LogP contribution is 2.20. The molecule has 13 heavy (non-hydrogen) atoms. The summed E-state index contributed by atoms with van der Waals surface area (Å²) in [5.74, 6) is 0. The van der Waals surface area contributed by atoms with E-state index < -0.39 is 0 Å². The largest absolute Gasteiger partial charge is 0.291 e. The van der Waals surface area contributed by atoms with Crippen molar-refractivity contribution >= 4 is 44.2 Å². The molecule has 67 valence electrons. The van der Waals surface area contributed by atoms with E-state index in [2.05, 4.69) is 31.9 Å². The van der Waals surface area contributed by atoms with Crippen molar-refractivity contribution in [1.82, 2.24) is 0 Å². The van der Waals surface area contributed by atoms with Gasteiger partial charge in [-0.3, -0.25) is 4.79 Å². The minimum atomic E-state index is 0.337. The van der Waals surface area contributed by atoms with E-state index in [1.54, 1.807) is 12.4 Å². The third-order valence-electron chi connectivity index (χ3n) is 1.40. The second-order valence-electron chi connectivity index (χ2n) is 2.45. The molecule has 1 nitrogen and oxygen atoms in total. The maximum absolute atomic E-state index is 9.93. The van der Waals surface area contributed by atoms with Crippen LogP contribution in [0.25, 0.3) is 6.08 Å². The summed E-state index contributed by atoms with van der Waals surface area (Å²) in [6, 6.07) is 5.92. The summed E-state index contributed by atoms with van der Waals surface area (Å²) in [6.45, 7) is 0. The summed E-state index contributed by atoms with van der Waals surface area (Å²) >= 11 is 6.76. The average Bonchev–Trinajstić information content (AvgIpc) is 2.03. The monoisotopic (exact) mass is 301 g/mol. The lowest BCUT2D eigenvalue weighted by Crippen LogP contribution is -1.74. The fourth-order valence-electron chi connectivity index (χ4n) is 0.915. The van der Waals surface area contributed by atoms with Crippen molar-refractivity contribution in [3.8, 4) is 0 Å². The van der Waals surface area contributed by atoms with Gasteiger partial charge in [-0.2, -0.15) is 0 Å². The zero-order valence-corrected chi connectivity index (χ0v) is 9.93. The molecule has 1 aromatic carbocycles. The highest BCUT2D eigenvalue weighted by molar-refractivity contribution is 9.11. The molecule has 0 aliphatic rings. The molecule has 0 atom stereocenters. The molecule has 0 heterocycles. The van der Waals surface area contributed by atoms with E-state index in [1.807, 2.05) is 24.3 Å². The summed E-state index contributed by atoms with van der Waals surface area (Å²) in [7, 11) is 0. The fourth-order valence-corrected chi connectivity index (χ4v) is 2.24. The molecule has 0 N–H and O–H groups in total. The van der Waals surface area contributed by atoms with Gasteiger partial charge in [0.05, 0.1) is 0 Å². The highest BCUT2D eigenvalue weighted by atomic mass is 79.9. The zero-order chi connectivity index (χ0) is 9.68. The molecule has 0 spiro atoms. The molecule has 1 rings (SSSR count). The van der Waals surface area contributed by atoms with Gasteiger partial charge in [0.25, 0.3) is 0 Å². The summed E-state index contributed by atoms with van der Waals surface area (Å²) in [4.78, 5) is 9.93. The van der Waals surface area contributed by atoms with E-state index in [-0.39, 0.29) is 0 Å². The minimum absolute atomic E-state index is 0.337. The van der Waals surface area contributed by atoms with Gasteiger partial charge in [0.2, 0.25) is 6.29 Å². The van der Waals surface area contributed by atoms with Crippen LogP contribution in [0.4, 0.5) is 0 Å². The smallest absolute Gasteiger partial charge is 0.202 e. The number of benzene rings is 1. The lowest BCUT2D eigenvalue weighted by Gasteiger charge is -1.96. The Kier molecular flexibility index (Phi) is 4.39. The van der Waals surface area contributed by atoms with Gasteiger partial charge in [0.1, 0.15) is 0 Å². The number of allylic oxidation sites excluding steroid dienone is 1. The van der Waals surface area contributed by atoms with Crippen LogP contribution < -0.4 is 0 Å². The molecule has 0 unspecified atom stereocenters. The zero-order valence-electron chi connectivity index (χ0n) is 6.76. The van der Waals surface area contributed by atoms with Crippen LogP contribution in [0.15, 0.2) is 33.2 Å². The lowest BCUT2D eigenvalue weighted by molar-refractivity contribution is 0.556. The maximum Gasteiger partial charge on any atom is 0.202 e. The van der Waals surface area contributed by atoms with E-state index in [0.717, 1.165) is 14.5 Å². The molecule has 1 aromatic rings. The average molecular weight is 303 g/mol. The SMILES string of the molecule is O=[C]CC=Cc1cc(Br)cc(Br)c1. The molecule has 0 bridgehead atoms. The first kappa shape index (κ1) is 10.7. The molecule has 0 amide bonds. The van der Waals surface area contributed by atoms with Gasteiger partial charge in [0, 0.05) is 15.4 Å². The maximum atomic E-state index is 9.93. The predicted molar refractivity (Wildman–Crippen MR) is 61.2 cm³/mol. The van der Waals surface area contributed by atoms with Gasteiger partial charge < -0.3 is 0 Å². The molecular weight excluding hydrogens is 296 g/mol. The molecule has 0 fully saturated rings. The van der Waals surface area contributed by atoms with Gasteiger partial charge in [-0.15, -0.1) is 0 Å². The van der Waals surface area contributed by atoms with Crippen LogP contribution in [-0.2, 0) is 4.79 Å². The second-order valence-corrected chi connectivity index (χ2v) is 4.28. The summed E-state index contributed by atoms with van der Waals surface area (Å²) in [5.41, 5.74) is 1.05. The Balaban J connectivity index is 2.82. The Morgan fingerprint density at radius 3 is 2.38 bits per heavy atom. The molecule has 0 aliphatic carbocycles. The predicted octanol–water partition coefficient (Wildman–Crippen LogP) is 3.72. The molecule has 3 heteroatoms. The number of rotatable bonds is 3. The number of hydrogen-bond donors (Lipinski definition) is 0. The normalized spacial score (nSPS) is 10.6. The van der Waals surface area contributed by atoms with Crippen molar-refractivity contribution < 1.29 is 4.79 Å². The molecule has 1 radical (unpaired) electrons. The molecule has 0 aliphatic heterocycles. The summed E-state index contributed by atoms with van der Waals surface area (Å²) < 4.78 is 2.02. The van der Waals surface area contributed by atoms with Crippen molar-refractivity contribution in [2.24, 2.45) is 0 Å². The van der Waals surface area contributed by atoms with Gasteiger partial charge in [-0.1, -0.05) is 44.0 Å². The van der Waals surface area contributed by atoms with Crippen molar-refractivity contribution in [3.05, 3.63) is 38.8 Å². The Labute approximate surface area is 94.1 Å². The van der Waals surface area contributed by atoms with Crippen molar-refractivity contribution in [2.75, 3.05) is 0 Å². The van der Waals surface area contributed by atoms with E-state index >= 15 is 0 Å². The van der Waals surface area contributed by atoms with E-state index in [1.165, 1.54) is 0 Å². The van der Waals surface area contributed by atoms with Crippen LogP contribution in [0.2, 0.25) is 0 Å². The van der Waals surface area contributed by atoms with Crippen molar-refractivity contribution in [3.63, 3.8) is 0 Å². The first-order valence-corrected chi connectivity index (χ1v) is 5.28. The van der Waals surface area contributed by atoms with E-state index in [4.69, 9.17) is 0 Å². The molecule has 0 aromatic heterocycles. The topological polar surface area (TPSA) is 17.1 Å². The van der Waals surface area contributed by atoms with Gasteiger partial charge >= 0.3 is 0 Å².